The topological polar surface area (TPSA) is 84.5 Å². The van der Waals surface area contributed by atoms with Gasteiger partial charge in [-0.2, -0.15) is 0 Å². The Labute approximate surface area is 182 Å². The summed E-state index contributed by atoms with van der Waals surface area (Å²) in [4.78, 5) is 36.5. The van der Waals surface area contributed by atoms with E-state index in [0.29, 0.717) is 27.5 Å². The number of hydrogen-bond acceptors (Lipinski definition) is 4. The molecule has 0 aromatic heterocycles. The fraction of sp³-hybridized carbons (Fsp3) is 0.0455. The van der Waals surface area contributed by atoms with Crippen LogP contribution < -0.4 is 10.6 Å². The summed E-state index contributed by atoms with van der Waals surface area (Å²) in [7, 11) is 1.30. The van der Waals surface area contributed by atoms with Crippen LogP contribution in [0.1, 0.15) is 31.1 Å². The van der Waals surface area contributed by atoms with Crippen molar-refractivity contribution in [2.45, 2.75) is 0 Å². The first kappa shape index (κ1) is 21.4. The van der Waals surface area contributed by atoms with Crippen LogP contribution in [0.2, 0.25) is 10.0 Å². The summed E-state index contributed by atoms with van der Waals surface area (Å²) >= 11 is 11.9. The normalized spacial score (nSPS) is 10.2. The lowest BCUT2D eigenvalue weighted by Gasteiger charge is -2.10. The van der Waals surface area contributed by atoms with Crippen molar-refractivity contribution < 1.29 is 19.1 Å². The molecule has 6 nitrogen and oxygen atoms in total. The third-order valence-corrected chi connectivity index (χ3v) is 4.67. The van der Waals surface area contributed by atoms with Crippen molar-refractivity contribution in [1.82, 2.24) is 0 Å². The van der Waals surface area contributed by atoms with Gasteiger partial charge in [0.05, 0.1) is 23.3 Å². The van der Waals surface area contributed by atoms with Crippen LogP contribution in [0.5, 0.6) is 0 Å². The molecule has 0 aliphatic carbocycles. The Hall–Kier alpha value is -3.35. The second kappa shape index (κ2) is 9.43. The molecule has 3 aromatic rings. The van der Waals surface area contributed by atoms with E-state index in [0.717, 1.165) is 0 Å². The Kier molecular flexibility index (Phi) is 6.72. The Balaban J connectivity index is 1.70. The standard InChI is InChI=1S/C22H16Cl2N2O4/c1-30-22(29)13-5-8-16(9-6-13)25-20(27)14-3-2-4-17(11-14)26-21(28)18-10-7-15(23)12-19(18)24/h2-12H,1H3,(H,25,27)(H,26,28). The van der Waals surface area contributed by atoms with Gasteiger partial charge < -0.3 is 15.4 Å². The number of nitrogens with one attached hydrogen (secondary N) is 2. The van der Waals surface area contributed by atoms with Gasteiger partial charge in [0.25, 0.3) is 11.8 Å². The summed E-state index contributed by atoms with van der Waals surface area (Å²) in [6.45, 7) is 0. The van der Waals surface area contributed by atoms with Crippen LogP contribution in [-0.4, -0.2) is 24.9 Å². The molecular weight excluding hydrogens is 427 g/mol. The van der Waals surface area contributed by atoms with E-state index in [-0.39, 0.29) is 16.5 Å². The molecule has 0 spiro atoms. The van der Waals surface area contributed by atoms with Crippen molar-refractivity contribution in [3.8, 4) is 0 Å². The maximum Gasteiger partial charge on any atom is 0.337 e. The summed E-state index contributed by atoms with van der Waals surface area (Å²) in [5, 5.41) is 6.09. The number of amides is 2. The Bertz CT molecular complexity index is 1110. The zero-order chi connectivity index (χ0) is 21.7. The minimum Gasteiger partial charge on any atom is -0.465 e. The number of rotatable bonds is 5. The molecule has 2 N–H and O–H groups in total. The van der Waals surface area contributed by atoms with E-state index in [1.807, 2.05) is 0 Å². The van der Waals surface area contributed by atoms with Gasteiger partial charge in [0.2, 0.25) is 0 Å². The number of carbonyl (C=O) groups is 3. The first-order chi connectivity index (χ1) is 14.4. The molecule has 3 aromatic carbocycles. The quantitative estimate of drug-likeness (QED) is 0.526. The molecule has 0 bridgehead atoms. The Morgan fingerprint density at radius 3 is 2.13 bits per heavy atom. The minimum absolute atomic E-state index is 0.226. The van der Waals surface area contributed by atoms with Gasteiger partial charge in [0, 0.05) is 22.0 Å². The summed E-state index contributed by atoms with van der Waals surface area (Å²) < 4.78 is 4.64. The zero-order valence-corrected chi connectivity index (χ0v) is 17.3. The molecule has 0 saturated carbocycles. The van der Waals surface area contributed by atoms with Crippen LogP contribution in [0.3, 0.4) is 0 Å². The van der Waals surface area contributed by atoms with E-state index in [1.165, 1.54) is 19.2 Å². The number of carbonyl (C=O) groups excluding carboxylic acids is 3. The lowest BCUT2D eigenvalue weighted by Crippen LogP contribution is -2.15. The average molecular weight is 443 g/mol. The highest BCUT2D eigenvalue weighted by Crippen LogP contribution is 2.22. The molecule has 0 atom stereocenters. The molecule has 0 heterocycles. The zero-order valence-electron chi connectivity index (χ0n) is 15.7. The van der Waals surface area contributed by atoms with E-state index in [1.54, 1.807) is 54.6 Å². The smallest absolute Gasteiger partial charge is 0.337 e. The molecule has 0 aliphatic heterocycles. The molecular formula is C22H16Cl2N2O4. The summed E-state index contributed by atoms with van der Waals surface area (Å²) in [6.07, 6.45) is 0. The first-order valence-corrected chi connectivity index (χ1v) is 9.49. The van der Waals surface area contributed by atoms with E-state index in [9.17, 15) is 14.4 Å². The van der Waals surface area contributed by atoms with Gasteiger partial charge in [0.1, 0.15) is 0 Å². The van der Waals surface area contributed by atoms with Crippen molar-refractivity contribution >= 4 is 52.4 Å². The third kappa shape index (κ3) is 5.17. The number of anilines is 2. The molecule has 0 unspecified atom stereocenters. The highest BCUT2D eigenvalue weighted by atomic mass is 35.5. The number of methoxy groups -OCH3 is 1. The van der Waals surface area contributed by atoms with E-state index >= 15 is 0 Å². The number of hydrogen-bond donors (Lipinski definition) is 2. The van der Waals surface area contributed by atoms with Crippen LogP contribution >= 0.6 is 23.2 Å². The number of esters is 1. The molecule has 0 saturated heterocycles. The van der Waals surface area contributed by atoms with Crippen molar-refractivity contribution in [1.29, 1.82) is 0 Å². The van der Waals surface area contributed by atoms with Crippen molar-refractivity contribution in [3.05, 3.63) is 93.5 Å². The summed E-state index contributed by atoms with van der Waals surface area (Å²) in [6, 6.07) is 17.3. The molecule has 30 heavy (non-hydrogen) atoms. The van der Waals surface area contributed by atoms with Crippen LogP contribution in [0, 0.1) is 0 Å². The van der Waals surface area contributed by atoms with Gasteiger partial charge in [-0.15, -0.1) is 0 Å². The fourth-order valence-electron chi connectivity index (χ4n) is 2.62. The van der Waals surface area contributed by atoms with Crippen LogP contribution in [0.15, 0.2) is 66.7 Å². The largest absolute Gasteiger partial charge is 0.465 e. The Morgan fingerprint density at radius 1 is 0.767 bits per heavy atom. The van der Waals surface area contributed by atoms with Crippen molar-refractivity contribution in [2.24, 2.45) is 0 Å². The van der Waals surface area contributed by atoms with Crippen molar-refractivity contribution in [2.75, 3.05) is 17.7 Å². The lowest BCUT2D eigenvalue weighted by molar-refractivity contribution is 0.0600. The van der Waals surface area contributed by atoms with Gasteiger partial charge in [0.15, 0.2) is 0 Å². The van der Waals surface area contributed by atoms with Crippen LogP contribution in [-0.2, 0) is 4.74 Å². The van der Waals surface area contributed by atoms with Gasteiger partial charge in [-0.05, 0) is 60.7 Å². The minimum atomic E-state index is -0.461. The van der Waals surface area contributed by atoms with E-state index < -0.39 is 11.9 Å². The SMILES string of the molecule is COC(=O)c1ccc(NC(=O)c2cccc(NC(=O)c3ccc(Cl)cc3Cl)c2)cc1. The molecule has 0 fully saturated rings. The number of halogens is 2. The van der Waals surface area contributed by atoms with Crippen LogP contribution in [0.25, 0.3) is 0 Å². The summed E-state index contributed by atoms with van der Waals surface area (Å²) in [5.41, 5.74) is 1.92. The van der Waals surface area contributed by atoms with Gasteiger partial charge in [-0.3, -0.25) is 9.59 Å². The maximum atomic E-state index is 12.5. The van der Waals surface area contributed by atoms with E-state index in [2.05, 4.69) is 15.4 Å². The van der Waals surface area contributed by atoms with E-state index in [4.69, 9.17) is 23.2 Å². The maximum absolute atomic E-state index is 12.5. The molecule has 152 valence electrons. The third-order valence-electron chi connectivity index (χ3n) is 4.12. The number of benzene rings is 3. The molecule has 0 radical (unpaired) electrons. The average Bonchev–Trinajstić information content (AvgIpc) is 2.73. The predicted molar refractivity (Wildman–Crippen MR) is 117 cm³/mol. The molecule has 0 aliphatic rings. The molecule has 2 amide bonds. The number of ether oxygens (including phenoxy) is 1. The van der Waals surface area contributed by atoms with Crippen LogP contribution in [0.4, 0.5) is 11.4 Å². The summed E-state index contributed by atoms with van der Waals surface area (Å²) in [5.74, 6) is -1.26. The second-order valence-corrected chi connectivity index (χ2v) is 7.03. The monoisotopic (exact) mass is 442 g/mol. The van der Waals surface area contributed by atoms with Gasteiger partial charge >= 0.3 is 5.97 Å². The fourth-order valence-corrected chi connectivity index (χ4v) is 3.12. The Morgan fingerprint density at radius 2 is 1.47 bits per heavy atom. The first-order valence-electron chi connectivity index (χ1n) is 8.73. The molecule has 3 rings (SSSR count). The van der Waals surface area contributed by atoms with Gasteiger partial charge in [-0.25, -0.2) is 4.79 Å². The highest BCUT2D eigenvalue weighted by Gasteiger charge is 2.13. The molecule has 8 heteroatoms. The lowest BCUT2D eigenvalue weighted by atomic mass is 10.1. The highest BCUT2D eigenvalue weighted by molar-refractivity contribution is 6.37. The predicted octanol–water partition coefficient (Wildman–Crippen LogP) is 5.28. The van der Waals surface area contributed by atoms with Crippen molar-refractivity contribution in [3.63, 3.8) is 0 Å². The van der Waals surface area contributed by atoms with Gasteiger partial charge in [-0.1, -0.05) is 29.3 Å². The second-order valence-electron chi connectivity index (χ2n) is 6.18.